The zero-order chi connectivity index (χ0) is 13.9. The lowest BCUT2D eigenvalue weighted by Crippen LogP contribution is -2.15. The Morgan fingerprint density at radius 1 is 1.11 bits per heavy atom. The average molecular weight is 264 g/mol. The van der Waals surface area contributed by atoms with Gasteiger partial charge in [0.25, 0.3) is 0 Å². The summed E-state index contributed by atoms with van der Waals surface area (Å²) in [5.41, 5.74) is 2.14. The molecule has 0 bridgehead atoms. The monoisotopic (exact) mass is 264 g/mol. The van der Waals surface area contributed by atoms with Crippen molar-refractivity contribution in [3.05, 3.63) is 23.5 Å². The zero-order valence-corrected chi connectivity index (χ0v) is 12.7. The topological polar surface area (TPSA) is 34.1 Å². The first kappa shape index (κ1) is 16.0. The van der Waals surface area contributed by atoms with Crippen LogP contribution in [-0.4, -0.2) is 24.7 Å². The van der Waals surface area contributed by atoms with E-state index < -0.39 is 0 Å². The van der Waals surface area contributed by atoms with Gasteiger partial charge in [-0.2, -0.15) is 0 Å². The molecule has 0 atom stereocenters. The Bertz CT molecular complexity index is 353. The summed E-state index contributed by atoms with van der Waals surface area (Å²) >= 11 is 0. The molecule has 3 nitrogen and oxygen atoms in total. The standard InChI is InChI=1S/C16H28N2O/c1-4-11-17-12-7-6-8-13-19-16-10-9-14(3)18-15(16)5-2/h9-10,17H,4-8,11-13H2,1-3H3. The molecule has 0 aliphatic carbocycles. The van der Waals surface area contributed by atoms with Crippen LogP contribution >= 0.6 is 0 Å². The van der Waals surface area contributed by atoms with Crippen molar-refractivity contribution in [1.82, 2.24) is 10.3 Å². The van der Waals surface area contributed by atoms with E-state index in [-0.39, 0.29) is 0 Å². The molecule has 0 saturated heterocycles. The number of ether oxygens (including phenoxy) is 1. The molecule has 0 saturated carbocycles. The Balaban J connectivity index is 2.15. The van der Waals surface area contributed by atoms with Gasteiger partial charge in [-0.15, -0.1) is 0 Å². The number of nitrogens with zero attached hydrogens (tertiary/aromatic N) is 1. The van der Waals surface area contributed by atoms with Crippen LogP contribution < -0.4 is 10.1 Å². The Labute approximate surface area is 117 Å². The lowest BCUT2D eigenvalue weighted by atomic mass is 10.2. The van der Waals surface area contributed by atoms with Gasteiger partial charge >= 0.3 is 0 Å². The molecule has 3 heteroatoms. The fraction of sp³-hybridized carbons (Fsp3) is 0.688. The van der Waals surface area contributed by atoms with Crippen molar-refractivity contribution in [3.63, 3.8) is 0 Å². The predicted molar refractivity (Wildman–Crippen MR) is 80.9 cm³/mol. The fourth-order valence-electron chi connectivity index (χ4n) is 2.00. The van der Waals surface area contributed by atoms with Crippen molar-refractivity contribution >= 4 is 0 Å². The van der Waals surface area contributed by atoms with Crippen LogP contribution in [0.25, 0.3) is 0 Å². The van der Waals surface area contributed by atoms with Gasteiger partial charge in [-0.25, -0.2) is 0 Å². The van der Waals surface area contributed by atoms with E-state index >= 15 is 0 Å². The molecule has 1 aromatic heterocycles. The normalized spacial score (nSPS) is 10.7. The van der Waals surface area contributed by atoms with Gasteiger partial charge in [0, 0.05) is 5.69 Å². The minimum atomic E-state index is 0.797. The summed E-state index contributed by atoms with van der Waals surface area (Å²) < 4.78 is 5.83. The third-order valence-electron chi connectivity index (χ3n) is 3.09. The number of aryl methyl sites for hydroxylation is 2. The quantitative estimate of drug-likeness (QED) is 0.657. The SMILES string of the molecule is CCCNCCCCCOc1ccc(C)nc1CC. The molecule has 0 spiro atoms. The van der Waals surface area contributed by atoms with Gasteiger partial charge in [0.15, 0.2) is 0 Å². The van der Waals surface area contributed by atoms with Gasteiger partial charge in [-0.1, -0.05) is 13.8 Å². The van der Waals surface area contributed by atoms with Crippen LogP contribution in [-0.2, 0) is 6.42 Å². The highest BCUT2D eigenvalue weighted by atomic mass is 16.5. The highest BCUT2D eigenvalue weighted by molar-refractivity contribution is 5.29. The second-order valence-electron chi connectivity index (χ2n) is 4.91. The van der Waals surface area contributed by atoms with E-state index in [1.807, 2.05) is 19.1 Å². The average Bonchev–Trinajstić information content (AvgIpc) is 2.43. The predicted octanol–water partition coefficient (Wildman–Crippen LogP) is 3.50. The minimum absolute atomic E-state index is 0.797. The Kier molecular flexibility index (Phi) is 8.23. The van der Waals surface area contributed by atoms with Crippen LogP contribution in [0.2, 0.25) is 0 Å². The van der Waals surface area contributed by atoms with Crippen molar-refractivity contribution in [3.8, 4) is 5.75 Å². The first-order chi connectivity index (χ1) is 9.27. The molecule has 1 heterocycles. The summed E-state index contributed by atoms with van der Waals surface area (Å²) in [5.74, 6) is 0.956. The molecular formula is C16H28N2O. The first-order valence-electron chi connectivity index (χ1n) is 7.58. The van der Waals surface area contributed by atoms with Gasteiger partial charge in [0.2, 0.25) is 0 Å². The zero-order valence-electron chi connectivity index (χ0n) is 12.7. The number of rotatable bonds is 10. The number of unbranched alkanes of at least 4 members (excludes halogenated alkanes) is 2. The largest absolute Gasteiger partial charge is 0.492 e. The maximum absolute atomic E-state index is 5.83. The summed E-state index contributed by atoms with van der Waals surface area (Å²) in [6, 6.07) is 4.06. The van der Waals surface area contributed by atoms with Gasteiger partial charge < -0.3 is 10.1 Å². The molecule has 0 aliphatic rings. The summed E-state index contributed by atoms with van der Waals surface area (Å²) in [4.78, 5) is 4.51. The van der Waals surface area contributed by atoms with Crippen LogP contribution in [0.5, 0.6) is 5.75 Å². The highest BCUT2D eigenvalue weighted by Crippen LogP contribution is 2.17. The van der Waals surface area contributed by atoms with Crippen molar-refractivity contribution in [2.75, 3.05) is 19.7 Å². The number of nitrogens with one attached hydrogen (secondary N) is 1. The second-order valence-corrected chi connectivity index (χ2v) is 4.91. The molecular weight excluding hydrogens is 236 g/mol. The van der Waals surface area contributed by atoms with Crippen LogP contribution in [0.4, 0.5) is 0 Å². The van der Waals surface area contributed by atoms with E-state index in [4.69, 9.17) is 4.74 Å². The third-order valence-corrected chi connectivity index (χ3v) is 3.09. The second kappa shape index (κ2) is 9.79. The molecule has 0 fully saturated rings. The smallest absolute Gasteiger partial charge is 0.140 e. The van der Waals surface area contributed by atoms with Gasteiger partial charge in [0.1, 0.15) is 5.75 Å². The molecule has 0 unspecified atom stereocenters. The molecule has 0 aliphatic heterocycles. The van der Waals surface area contributed by atoms with Crippen LogP contribution in [0.1, 0.15) is 50.9 Å². The number of hydrogen-bond donors (Lipinski definition) is 1. The number of aromatic nitrogens is 1. The van der Waals surface area contributed by atoms with E-state index in [1.165, 1.54) is 19.3 Å². The maximum atomic E-state index is 5.83. The fourth-order valence-corrected chi connectivity index (χ4v) is 2.00. The van der Waals surface area contributed by atoms with E-state index in [1.54, 1.807) is 0 Å². The summed E-state index contributed by atoms with van der Waals surface area (Å²) in [7, 11) is 0. The van der Waals surface area contributed by atoms with Crippen LogP contribution in [0.3, 0.4) is 0 Å². The summed E-state index contributed by atoms with van der Waals surface area (Å²) in [5, 5.41) is 3.42. The molecule has 1 aromatic rings. The molecule has 19 heavy (non-hydrogen) atoms. The van der Waals surface area contributed by atoms with Crippen molar-refractivity contribution in [2.45, 2.75) is 52.9 Å². The van der Waals surface area contributed by atoms with Crippen molar-refractivity contribution in [2.24, 2.45) is 0 Å². The molecule has 0 amide bonds. The number of pyridine rings is 1. The molecule has 1 rings (SSSR count). The Morgan fingerprint density at radius 3 is 2.68 bits per heavy atom. The van der Waals surface area contributed by atoms with Gasteiger partial charge in [-0.3, -0.25) is 4.98 Å². The maximum Gasteiger partial charge on any atom is 0.140 e. The molecule has 0 aromatic carbocycles. The Hall–Kier alpha value is -1.09. The lowest BCUT2D eigenvalue weighted by Gasteiger charge is -2.10. The van der Waals surface area contributed by atoms with Crippen LogP contribution in [0, 0.1) is 6.92 Å². The highest BCUT2D eigenvalue weighted by Gasteiger charge is 2.03. The minimum Gasteiger partial charge on any atom is -0.492 e. The van der Waals surface area contributed by atoms with Crippen LogP contribution in [0.15, 0.2) is 12.1 Å². The van der Waals surface area contributed by atoms with Gasteiger partial charge in [0.05, 0.1) is 12.3 Å². The van der Waals surface area contributed by atoms with Crippen molar-refractivity contribution in [1.29, 1.82) is 0 Å². The first-order valence-corrected chi connectivity index (χ1v) is 7.58. The van der Waals surface area contributed by atoms with E-state index in [2.05, 4.69) is 24.1 Å². The van der Waals surface area contributed by atoms with E-state index in [0.717, 1.165) is 49.7 Å². The molecule has 0 radical (unpaired) electrons. The van der Waals surface area contributed by atoms with Gasteiger partial charge in [-0.05, 0) is 64.3 Å². The summed E-state index contributed by atoms with van der Waals surface area (Å²) in [6.07, 6.45) is 5.71. The number of hydrogen-bond acceptors (Lipinski definition) is 3. The lowest BCUT2D eigenvalue weighted by molar-refractivity contribution is 0.300. The van der Waals surface area contributed by atoms with E-state index in [9.17, 15) is 0 Å². The van der Waals surface area contributed by atoms with Crippen molar-refractivity contribution < 1.29 is 4.74 Å². The molecule has 1 N–H and O–H groups in total. The van der Waals surface area contributed by atoms with E-state index in [0.29, 0.717) is 0 Å². The third kappa shape index (κ3) is 6.58. The molecule has 108 valence electrons. The summed E-state index contributed by atoms with van der Waals surface area (Å²) in [6.45, 7) is 9.39. The Morgan fingerprint density at radius 2 is 1.95 bits per heavy atom.